The van der Waals surface area contributed by atoms with Gasteiger partial charge < -0.3 is 4.74 Å². The molecule has 0 unspecified atom stereocenters. The number of hydrogen-bond donors (Lipinski definition) is 0. The zero-order valence-electron chi connectivity index (χ0n) is 7.24. The SMILES string of the molecule is Ic1ccnc(C2CCOCC2)n1. The van der Waals surface area contributed by atoms with Crippen LogP contribution in [0.4, 0.5) is 0 Å². The Bertz CT molecular complexity index is 287. The summed E-state index contributed by atoms with van der Waals surface area (Å²) in [4.78, 5) is 8.71. The fraction of sp³-hybridized carbons (Fsp3) is 0.556. The summed E-state index contributed by atoms with van der Waals surface area (Å²) in [6.45, 7) is 1.69. The number of halogens is 1. The number of aromatic nitrogens is 2. The van der Waals surface area contributed by atoms with Gasteiger partial charge in [-0.25, -0.2) is 9.97 Å². The maximum Gasteiger partial charge on any atom is 0.132 e. The highest BCUT2D eigenvalue weighted by Gasteiger charge is 2.18. The van der Waals surface area contributed by atoms with Crippen LogP contribution in [0.5, 0.6) is 0 Å². The Morgan fingerprint density at radius 1 is 1.38 bits per heavy atom. The largest absolute Gasteiger partial charge is 0.381 e. The van der Waals surface area contributed by atoms with Gasteiger partial charge in [-0.1, -0.05) is 0 Å². The van der Waals surface area contributed by atoms with E-state index in [-0.39, 0.29) is 0 Å². The fourth-order valence-electron chi connectivity index (χ4n) is 1.50. The monoisotopic (exact) mass is 290 g/mol. The minimum absolute atomic E-state index is 0.503. The first-order chi connectivity index (χ1) is 6.36. The predicted molar refractivity (Wildman–Crippen MR) is 57.5 cm³/mol. The van der Waals surface area contributed by atoms with Gasteiger partial charge in [-0.2, -0.15) is 0 Å². The lowest BCUT2D eigenvalue weighted by atomic mass is 10.00. The van der Waals surface area contributed by atoms with E-state index in [4.69, 9.17) is 4.74 Å². The Balaban J connectivity index is 2.14. The van der Waals surface area contributed by atoms with Crippen LogP contribution in [0.3, 0.4) is 0 Å². The first-order valence-corrected chi connectivity index (χ1v) is 5.50. The topological polar surface area (TPSA) is 35.0 Å². The maximum atomic E-state index is 5.29. The highest BCUT2D eigenvalue weighted by Crippen LogP contribution is 2.23. The van der Waals surface area contributed by atoms with Crippen LogP contribution in [0, 0.1) is 3.70 Å². The van der Waals surface area contributed by atoms with Gasteiger partial charge in [0.1, 0.15) is 9.53 Å². The van der Waals surface area contributed by atoms with Crippen LogP contribution in [-0.4, -0.2) is 23.2 Å². The van der Waals surface area contributed by atoms with Crippen molar-refractivity contribution in [3.8, 4) is 0 Å². The minimum atomic E-state index is 0.503. The second-order valence-electron chi connectivity index (χ2n) is 3.12. The lowest BCUT2D eigenvalue weighted by Crippen LogP contribution is -2.16. The van der Waals surface area contributed by atoms with Crippen molar-refractivity contribution in [3.05, 3.63) is 21.8 Å². The molecule has 1 aliphatic rings. The van der Waals surface area contributed by atoms with E-state index in [9.17, 15) is 0 Å². The van der Waals surface area contributed by atoms with Crippen LogP contribution in [0.2, 0.25) is 0 Å². The number of nitrogens with zero attached hydrogens (tertiary/aromatic N) is 2. The van der Waals surface area contributed by atoms with E-state index in [0.717, 1.165) is 35.6 Å². The molecule has 13 heavy (non-hydrogen) atoms. The molecule has 1 aliphatic heterocycles. The Labute approximate surface area is 91.1 Å². The van der Waals surface area contributed by atoms with Gasteiger partial charge in [0.2, 0.25) is 0 Å². The quantitative estimate of drug-likeness (QED) is 0.586. The number of hydrogen-bond acceptors (Lipinski definition) is 3. The lowest BCUT2D eigenvalue weighted by Gasteiger charge is -2.20. The summed E-state index contributed by atoms with van der Waals surface area (Å²) in [5.74, 6) is 1.48. The molecule has 0 aromatic carbocycles. The second kappa shape index (κ2) is 4.32. The van der Waals surface area contributed by atoms with E-state index < -0.39 is 0 Å². The van der Waals surface area contributed by atoms with Gasteiger partial charge in [-0.15, -0.1) is 0 Å². The smallest absolute Gasteiger partial charge is 0.132 e. The Kier molecular flexibility index (Phi) is 3.10. The first-order valence-electron chi connectivity index (χ1n) is 4.42. The number of rotatable bonds is 1. The van der Waals surface area contributed by atoms with Gasteiger partial charge in [-0.3, -0.25) is 0 Å². The average Bonchev–Trinajstić information content (AvgIpc) is 2.19. The summed E-state index contributed by atoms with van der Waals surface area (Å²) >= 11 is 2.22. The van der Waals surface area contributed by atoms with Crippen molar-refractivity contribution in [3.63, 3.8) is 0 Å². The van der Waals surface area contributed by atoms with E-state index in [0.29, 0.717) is 5.92 Å². The third-order valence-electron chi connectivity index (χ3n) is 2.23. The molecular weight excluding hydrogens is 279 g/mol. The molecular formula is C9H11IN2O. The van der Waals surface area contributed by atoms with Crippen molar-refractivity contribution < 1.29 is 4.74 Å². The molecule has 70 valence electrons. The molecule has 1 aromatic heterocycles. The Morgan fingerprint density at radius 3 is 2.85 bits per heavy atom. The fourth-order valence-corrected chi connectivity index (χ4v) is 1.91. The summed E-state index contributed by atoms with van der Waals surface area (Å²) in [6.07, 6.45) is 3.94. The van der Waals surface area contributed by atoms with Gasteiger partial charge >= 0.3 is 0 Å². The Morgan fingerprint density at radius 2 is 2.15 bits per heavy atom. The third-order valence-corrected chi connectivity index (χ3v) is 2.83. The summed E-state index contributed by atoms with van der Waals surface area (Å²) in [5.41, 5.74) is 0. The molecule has 0 aliphatic carbocycles. The van der Waals surface area contributed by atoms with Crippen LogP contribution >= 0.6 is 22.6 Å². The van der Waals surface area contributed by atoms with Crippen LogP contribution < -0.4 is 0 Å². The van der Waals surface area contributed by atoms with Crippen LogP contribution in [0.15, 0.2) is 12.3 Å². The van der Waals surface area contributed by atoms with Crippen molar-refractivity contribution in [2.24, 2.45) is 0 Å². The van der Waals surface area contributed by atoms with Gasteiger partial charge in [0.15, 0.2) is 0 Å². The van der Waals surface area contributed by atoms with Crippen LogP contribution in [0.1, 0.15) is 24.6 Å². The highest BCUT2D eigenvalue weighted by molar-refractivity contribution is 14.1. The zero-order valence-corrected chi connectivity index (χ0v) is 9.40. The second-order valence-corrected chi connectivity index (χ2v) is 4.23. The molecule has 1 aromatic rings. The minimum Gasteiger partial charge on any atom is -0.381 e. The first kappa shape index (κ1) is 9.33. The summed E-state index contributed by atoms with van der Waals surface area (Å²) in [5, 5.41) is 0. The molecule has 0 spiro atoms. The lowest BCUT2D eigenvalue weighted by molar-refractivity contribution is 0.0835. The maximum absolute atomic E-state index is 5.29. The van der Waals surface area contributed by atoms with Crippen molar-refractivity contribution in [1.29, 1.82) is 0 Å². The van der Waals surface area contributed by atoms with Crippen LogP contribution in [-0.2, 0) is 4.74 Å². The van der Waals surface area contributed by atoms with Gasteiger partial charge in [0, 0.05) is 25.3 Å². The van der Waals surface area contributed by atoms with E-state index in [1.54, 1.807) is 0 Å². The predicted octanol–water partition coefficient (Wildman–Crippen LogP) is 1.98. The molecule has 1 fully saturated rings. The summed E-state index contributed by atoms with van der Waals surface area (Å²) in [7, 11) is 0. The van der Waals surface area contributed by atoms with E-state index >= 15 is 0 Å². The molecule has 2 heterocycles. The summed E-state index contributed by atoms with van der Waals surface area (Å²) in [6, 6.07) is 1.92. The van der Waals surface area contributed by atoms with Gasteiger partial charge in [0.05, 0.1) is 0 Å². The van der Waals surface area contributed by atoms with Crippen LogP contribution in [0.25, 0.3) is 0 Å². The molecule has 0 saturated carbocycles. The normalized spacial score (nSPS) is 18.8. The van der Waals surface area contributed by atoms with Crippen molar-refractivity contribution in [2.45, 2.75) is 18.8 Å². The molecule has 1 saturated heterocycles. The number of ether oxygens (including phenoxy) is 1. The highest BCUT2D eigenvalue weighted by atomic mass is 127. The van der Waals surface area contributed by atoms with Gasteiger partial charge in [0.25, 0.3) is 0 Å². The van der Waals surface area contributed by atoms with E-state index in [1.807, 2.05) is 12.3 Å². The molecule has 0 atom stereocenters. The van der Waals surface area contributed by atoms with E-state index in [2.05, 4.69) is 32.6 Å². The molecule has 2 rings (SSSR count). The van der Waals surface area contributed by atoms with Crippen molar-refractivity contribution in [1.82, 2.24) is 9.97 Å². The molecule has 3 nitrogen and oxygen atoms in total. The van der Waals surface area contributed by atoms with Crippen molar-refractivity contribution >= 4 is 22.6 Å². The molecule has 0 radical (unpaired) electrons. The zero-order chi connectivity index (χ0) is 9.10. The Hall–Kier alpha value is -0.230. The molecule has 0 N–H and O–H groups in total. The molecule has 4 heteroatoms. The van der Waals surface area contributed by atoms with E-state index in [1.165, 1.54) is 0 Å². The third kappa shape index (κ3) is 2.37. The molecule has 0 amide bonds. The van der Waals surface area contributed by atoms with Crippen molar-refractivity contribution in [2.75, 3.05) is 13.2 Å². The molecule has 0 bridgehead atoms. The summed E-state index contributed by atoms with van der Waals surface area (Å²) < 4.78 is 6.32. The van der Waals surface area contributed by atoms with Gasteiger partial charge in [-0.05, 0) is 41.5 Å². The standard InChI is InChI=1S/C9H11IN2O/c10-8-1-4-11-9(12-8)7-2-5-13-6-3-7/h1,4,7H,2-3,5-6H2. The average molecular weight is 290 g/mol.